The quantitative estimate of drug-likeness (QED) is 0.651. The molecule has 1 nitrogen and oxygen atoms in total. The van der Waals surface area contributed by atoms with Crippen LogP contribution in [0.3, 0.4) is 0 Å². The lowest BCUT2D eigenvalue weighted by Gasteiger charge is -2.21. The second-order valence-electron chi connectivity index (χ2n) is 3.33. The minimum Gasteiger partial charge on any atom is -0.381 e. The van der Waals surface area contributed by atoms with E-state index in [1.807, 2.05) is 6.92 Å². The van der Waals surface area contributed by atoms with Gasteiger partial charge in [-0.2, -0.15) is 0 Å². The Balaban J connectivity index is 3.55. The van der Waals surface area contributed by atoms with Crippen LogP contribution in [0.25, 0.3) is 0 Å². The van der Waals surface area contributed by atoms with E-state index in [1.165, 1.54) is 0 Å². The van der Waals surface area contributed by atoms with Gasteiger partial charge in [-0.25, -0.2) is 0 Å². The van der Waals surface area contributed by atoms with E-state index >= 15 is 0 Å². The van der Waals surface area contributed by atoms with Crippen molar-refractivity contribution in [3.05, 3.63) is 0 Å². The monoisotopic (exact) mass is 222 g/mol. The van der Waals surface area contributed by atoms with Crippen molar-refractivity contribution in [3.8, 4) is 0 Å². The van der Waals surface area contributed by atoms with E-state index in [2.05, 4.69) is 36.7 Å². The minimum atomic E-state index is 0.578. The Morgan fingerprint density at radius 1 is 1.27 bits per heavy atom. The predicted octanol–water partition coefficient (Wildman–Crippen LogP) is 3.08. The van der Waals surface area contributed by atoms with E-state index in [-0.39, 0.29) is 0 Å². The van der Waals surface area contributed by atoms with Crippen LogP contribution in [-0.2, 0) is 4.74 Å². The van der Waals surface area contributed by atoms with Crippen LogP contribution < -0.4 is 0 Å². The Kier molecular flexibility index (Phi) is 6.25. The Morgan fingerprint density at radius 2 is 1.82 bits per heavy atom. The molecule has 0 aromatic rings. The van der Waals surface area contributed by atoms with Crippen LogP contribution in [0.4, 0.5) is 0 Å². The third-order valence-electron chi connectivity index (χ3n) is 1.77. The Bertz CT molecular complexity index is 93.6. The van der Waals surface area contributed by atoms with Gasteiger partial charge in [0.15, 0.2) is 0 Å². The summed E-state index contributed by atoms with van der Waals surface area (Å²) < 4.78 is 5.34. The highest BCUT2D eigenvalue weighted by Crippen LogP contribution is 2.21. The van der Waals surface area contributed by atoms with Crippen molar-refractivity contribution in [2.24, 2.45) is 11.8 Å². The first-order valence-electron chi connectivity index (χ1n) is 4.31. The van der Waals surface area contributed by atoms with Crippen molar-refractivity contribution in [3.63, 3.8) is 0 Å². The molecular weight excluding hydrogens is 204 g/mol. The first-order valence-corrected chi connectivity index (χ1v) is 5.23. The van der Waals surface area contributed by atoms with E-state index in [9.17, 15) is 0 Å². The summed E-state index contributed by atoms with van der Waals surface area (Å²) >= 11 is 3.66. The number of ether oxygens (including phenoxy) is 1. The molecule has 2 unspecified atom stereocenters. The number of hydrogen-bond acceptors (Lipinski definition) is 1. The fourth-order valence-electron chi connectivity index (χ4n) is 1.05. The van der Waals surface area contributed by atoms with Gasteiger partial charge in [0, 0.05) is 11.4 Å². The van der Waals surface area contributed by atoms with Gasteiger partial charge in [0.25, 0.3) is 0 Å². The van der Waals surface area contributed by atoms with Crippen LogP contribution in [0.2, 0.25) is 0 Å². The predicted molar refractivity (Wildman–Crippen MR) is 53.2 cm³/mol. The Hall–Kier alpha value is 0.440. The lowest BCUT2D eigenvalue weighted by molar-refractivity contribution is 0.112. The van der Waals surface area contributed by atoms with E-state index < -0.39 is 0 Å². The summed E-state index contributed by atoms with van der Waals surface area (Å²) in [6.07, 6.45) is 0. The van der Waals surface area contributed by atoms with Crippen molar-refractivity contribution < 1.29 is 4.74 Å². The third kappa shape index (κ3) is 4.81. The molecule has 0 aliphatic heterocycles. The fourth-order valence-corrected chi connectivity index (χ4v) is 1.21. The van der Waals surface area contributed by atoms with Crippen LogP contribution >= 0.6 is 15.9 Å². The van der Waals surface area contributed by atoms with E-state index in [4.69, 9.17) is 4.74 Å². The third-order valence-corrected chi connectivity index (χ3v) is 3.73. The molecule has 0 heterocycles. The molecule has 2 atom stereocenters. The maximum Gasteiger partial charge on any atom is 0.0502 e. The standard InChI is InChI=1S/C9H19BrO/c1-5-11-6-8(4)9(10)7(2)3/h7-9H,5-6H2,1-4H3. The molecule has 68 valence electrons. The molecule has 0 rings (SSSR count). The average molecular weight is 223 g/mol. The van der Waals surface area contributed by atoms with Crippen LogP contribution in [0.1, 0.15) is 27.7 Å². The molecule has 0 aliphatic rings. The summed E-state index contributed by atoms with van der Waals surface area (Å²) in [5.41, 5.74) is 0. The largest absolute Gasteiger partial charge is 0.381 e. The number of hydrogen-bond donors (Lipinski definition) is 0. The molecule has 0 aromatic heterocycles. The van der Waals surface area contributed by atoms with Crippen molar-refractivity contribution in [1.29, 1.82) is 0 Å². The fraction of sp³-hybridized carbons (Fsp3) is 1.00. The summed E-state index contributed by atoms with van der Waals surface area (Å²) in [6, 6.07) is 0. The molecule has 0 fully saturated rings. The van der Waals surface area contributed by atoms with Gasteiger partial charge >= 0.3 is 0 Å². The molecule has 0 N–H and O–H groups in total. The van der Waals surface area contributed by atoms with Crippen LogP contribution in [0.5, 0.6) is 0 Å². The van der Waals surface area contributed by atoms with E-state index in [0.717, 1.165) is 13.2 Å². The molecule has 0 bridgehead atoms. The first kappa shape index (κ1) is 11.4. The maximum absolute atomic E-state index is 5.34. The van der Waals surface area contributed by atoms with Crippen LogP contribution in [-0.4, -0.2) is 18.0 Å². The lowest BCUT2D eigenvalue weighted by atomic mass is 10.00. The molecule has 2 heteroatoms. The summed E-state index contributed by atoms with van der Waals surface area (Å²) in [5.74, 6) is 1.29. The van der Waals surface area contributed by atoms with Crippen LogP contribution in [0, 0.1) is 11.8 Å². The molecule has 0 aromatic carbocycles. The van der Waals surface area contributed by atoms with Crippen molar-refractivity contribution in [1.82, 2.24) is 0 Å². The van der Waals surface area contributed by atoms with Crippen LogP contribution in [0.15, 0.2) is 0 Å². The van der Waals surface area contributed by atoms with Gasteiger partial charge in [0.1, 0.15) is 0 Å². The van der Waals surface area contributed by atoms with Gasteiger partial charge in [-0.05, 0) is 18.8 Å². The van der Waals surface area contributed by atoms with Crippen molar-refractivity contribution in [2.75, 3.05) is 13.2 Å². The van der Waals surface area contributed by atoms with Gasteiger partial charge in [-0.15, -0.1) is 0 Å². The lowest BCUT2D eigenvalue weighted by Crippen LogP contribution is -2.21. The normalized spacial score (nSPS) is 16.9. The summed E-state index contributed by atoms with van der Waals surface area (Å²) in [4.78, 5) is 0.578. The molecule has 0 radical (unpaired) electrons. The topological polar surface area (TPSA) is 9.23 Å². The number of rotatable bonds is 5. The highest BCUT2D eigenvalue weighted by atomic mass is 79.9. The van der Waals surface area contributed by atoms with Gasteiger partial charge in [0.2, 0.25) is 0 Å². The second-order valence-corrected chi connectivity index (χ2v) is 4.38. The summed E-state index contributed by atoms with van der Waals surface area (Å²) in [6.45, 7) is 10.4. The zero-order chi connectivity index (χ0) is 8.85. The van der Waals surface area contributed by atoms with E-state index in [1.54, 1.807) is 0 Å². The number of halogens is 1. The molecule has 11 heavy (non-hydrogen) atoms. The highest BCUT2D eigenvalue weighted by Gasteiger charge is 2.16. The maximum atomic E-state index is 5.34. The molecule has 0 spiro atoms. The molecule has 0 saturated heterocycles. The van der Waals surface area contributed by atoms with Gasteiger partial charge < -0.3 is 4.74 Å². The Labute approximate surface area is 78.6 Å². The zero-order valence-electron chi connectivity index (χ0n) is 7.93. The van der Waals surface area contributed by atoms with Crippen molar-refractivity contribution in [2.45, 2.75) is 32.5 Å². The highest BCUT2D eigenvalue weighted by molar-refractivity contribution is 9.09. The SMILES string of the molecule is CCOCC(C)C(Br)C(C)C. The van der Waals surface area contributed by atoms with Crippen molar-refractivity contribution >= 4 is 15.9 Å². The second kappa shape index (κ2) is 6.01. The first-order chi connectivity index (χ1) is 5.09. The molecule has 0 aliphatic carbocycles. The van der Waals surface area contributed by atoms with Gasteiger partial charge in [-0.3, -0.25) is 0 Å². The zero-order valence-corrected chi connectivity index (χ0v) is 9.52. The van der Waals surface area contributed by atoms with Gasteiger partial charge in [-0.1, -0.05) is 36.7 Å². The van der Waals surface area contributed by atoms with E-state index in [0.29, 0.717) is 16.7 Å². The minimum absolute atomic E-state index is 0.578. The molecular formula is C9H19BrO. The smallest absolute Gasteiger partial charge is 0.0502 e. The average Bonchev–Trinajstić information content (AvgIpc) is 1.98. The summed E-state index contributed by atoms with van der Waals surface area (Å²) in [5, 5.41) is 0. The molecule has 0 saturated carbocycles. The Morgan fingerprint density at radius 3 is 2.18 bits per heavy atom. The number of alkyl halides is 1. The summed E-state index contributed by atoms with van der Waals surface area (Å²) in [7, 11) is 0. The molecule has 0 amide bonds. The van der Waals surface area contributed by atoms with Gasteiger partial charge in [0.05, 0.1) is 6.61 Å².